The van der Waals surface area contributed by atoms with Crippen LogP contribution in [-0.4, -0.2) is 36.0 Å². The Labute approximate surface area is 164 Å². The Hall–Kier alpha value is -2.99. The minimum atomic E-state index is 0.799. The van der Waals surface area contributed by atoms with E-state index in [1.165, 1.54) is 28.1 Å². The van der Waals surface area contributed by atoms with Crippen LogP contribution in [0.15, 0.2) is 36.5 Å². The molecule has 0 atom stereocenters. The molecule has 4 aromatic rings. The Kier molecular flexibility index (Phi) is 4.02. The Morgan fingerprint density at radius 3 is 2.86 bits per heavy atom. The van der Waals surface area contributed by atoms with E-state index >= 15 is 0 Å². The molecule has 0 unspecified atom stereocenters. The van der Waals surface area contributed by atoms with Gasteiger partial charge in [0.25, 0.3) is 0 Å². The van der Waals surface area contributed by atoms with E-state index in [4.69, 9.17) is 0 Å². The molecule has 1 aliphatic heterocycles. The zero-order valence-electron chi connectivity index (χ0n) is 16.5. The highest BCUT2D eigenvalue weighted by atomic mass is 15.3. The molecule has 0 saturated heterocycles. The molecular weight excluding hydrogens is 348 g/mol. The van der Waals surface area contributed by atoms with E-state index in [0.717, 1.165) is 48.9 Å². The molecule has 6 nitrogen and oxygen atoms in total. The highest BCUT2D eigenvalue weighted by Gasteiger charge is 2.19. The zero-order chi connectivity index (χ0) is 19.3. The molecule has 6 heteroatoms. The van der Waals surface area contributed by atoms with Crippen LogP contribution < -0.4 is 0 Å². The van der Waals surface area contributed by atoms with Crippen LogP contribution in [0.4, 0.5) is 0 Å². The van der Waals surface area contributed by atoms with E-state index in [2.05, 4.69) is 68.4 Å². The summed E-state index contributed by atoms with van der Waals surface area (Å²) in [6, 6.07) is 11.0. The van der Waals surface area contributed by atoms with Crippen LogP contribution in [0.1, 0.15) is 34.2 Å². The molecule has 3 aromatic heterocycles. The van der Waals surface area contributed by atoms with Crippen LogP contribution in [0.2, 0.25) is 0 Å². The van der Waals surface area contributed by atoms with Gasteiger partial charge in [-0.2, -0.15) is 5.10 Å². The number of benzene rings is 1. The second kappa shape index (κ2) is 6.56. The summed E-state index contributed by atoms with van der Waals surface area (Å²) in [5.74, 6) is 1.82. The van der Waals surface area contributed by atoms with Gasteiger partial charge in [-0.1, -0.05) is 18.2 Å². The minimum Gasteiger partial charge on any atom is -0.345 e. The molecule has 0 bridgehead atoms. The molecule has 1 N–H and O–H groups in total. The fourth-order valence-corrected chi connectivity index (χ4v) is 4.15. The number of pyridine rings is 1. The van der Waals surface area contributed by atoms with Crippen molar-refractivity contribution < 1.29 is 0 Å². The van der Waals surface area contributed by atoms with Crippen molar-refractivity contribution in [2.45, 2.75) is 40.3 Å². The Balaban J connectivity index is 1.41. The molecule has 4 heterocycles. The topological polar surface area (TPSA) is 62.1 Å². The normalized spacial score (nSPS) is 14.5. The highest BCUT2D eigenvalue weighted by Crippen LogP contribution is 2.25. The summed E-state index contributed by atoms with van der Waals surface area (Å²) in [5, 5.41) is 4.49. The fourth-order valence-electron chi connectivity index (χ4n) is 4.15. The summed E-state index contributed by atoms with van der Waals surface area (Å²) in [6.45, 7) is 8.97. The fraction of sp³-hybridized carbons (Fsp3) is 0.318. The van der Waals surface area contributed by atoms with Gasteiger partial charge in [0.2, 0.25) is 0 Å². The molecule has 142 valence electrons. The summed E-state index contributed by atoms with van der Waals surface area (Å²) in [5.41, 5.74) is 8.27. The number of hydrogen-bond acceptors (Lipinski definition) is 4. The number of aromatic nitrogens is 5. The van der Waals surface area contributed by atoms with Gasteiger partial charge in [0.05, 0.1) is 11.4 Å². The van der Waals surface area contributed by atoms with Crippen molar-refractivity contribution >= 4 is 5.65 Å². The van der Waals surface area contributed by atoms with Crippen LogP contribution in [0.5, 0.6) is 0 Å². The van der Waals surface area contributed by atoms with Crippen LogP contribution >= 0.6 is 0 Å². The van der Waals surface area contributed by atoms with Gasteiger partial charge in [-0.3, -0.25) is 4.90 Å². The number of fused-ring (bicyclic) bond motifs is 2. The van der Waals surface area contributed by atoms with Gasteiger partial charge < -0.3 is 4.98 Å². The third-order valence-corrected chi connectivity index (χ3v) is 5.42. The molecular formula is C22H24N6. The molecule has 0 aliphatic carbocycles. The van der Waals surface area contributed by atoms with Gasteiger partial charge in [-0.15, -0.1) is 0 Å². The lowest BCUT2D eigenvalue weighted by atomic mass is 10.0. The van der Waals surface area contributed by atoms with Crippen LogP contribution in [0.25, 0.3) is 16.8 Å². The largest absolute Gasteiger partial charge is 0.345 e. The number of imidazole rings is 1. The summed E-state index contributed by atoms with van der Waals surface area (Å²) in [7, 11) is 0. The van der Waals surface area contributed by atoms with E-state index in [1.807, 2.05) is 18.4 Å². The summed E-state index contributed by atoms with van der Waals surface area (Å²) < 4.78 is 1.89. The highest BCUT2D eigenvalue weighted by molar-refractivity contribution is 5.67. The van der Waals surface area contributed by atoms with Crippen LogP contribution in [-0.2, 0) is 19.5 Å². The van der Waals surface area contributed by atoms with Gasteiger partial charge >= 0.3 is 0 Å². The molecule has 1 aliphatic rings. The molecule has 0 radical (unpaired) electrons. The van der Waals surface area contributed by atoms with Crippen molar-refractivity contribution in [1.29, 1.82) is 0 Å². The van der Waals surface area contributed by atoms with Crippen molar-refractivity contribution in [3.8, 4) is 11.1 Å². The van der Waals surface area contributed by atoms with Crippen LogP contribution in [0.3, 0.4) is 0 Å². The van der Waals surface area contributed by atoms with Crippen molar-refractivity contribution in [2.24, 2.45) is 0 Å². The molecule has 0 spiro atoms. The first-order chi connectivity index (χ1) is 13.5. The van der Waals surface area contributed by atoms with Crippen molar-refractivity contribution in [2.75, 3.05) is 6.54 Å². The van der Waals surface area contributed by atoms with Crippen molar-refractivity contribution in [1.82, 2.24) is 29.5 Å². The first-order valence-electron chi connectivity index (χ1n) is 9.75. The SMILES string of the molecule is Cc1nc2c(C)cc(-c3cccc(CN4CCc5nc(C)[nH]c5C4)c3)cn2n1. The van der Waals surface area contributed by atoms with E-state index in [0.29, 0.717) is 0 Å². The number of aromatic amines is 1. The predicted molar refractivity (Wildman–Crippen MR) is 109 cm³/mol. The van der Waals surface area contributed by atoms with Crippen molar-refractivity contribution in [3.05, 3.63) is 70.7 Å². The van der Waals surface area contributed by atoms with Gasteiger partial charge in [0.1, 0.15) is 11.6 Å². The molecule has 28 heavy (non-hydrogen) atoms. The molecule has 0 saturated carbocycles. The van der Waals surface area contributed by atoms with Gasteiger partial charge in [-0.05, 0) is 49.6 Å². The lowest BCUT2D eigenvalue weighted by Crippen LogP contribution is -2.30. The molecule has 1 aromatic carbocycles. The maximum absolute atomic E-state index is 4.59. The number of nitrogens with zero attached hydrogens (tertiary/aromatic N) is 5. The van der Waals surface area contributed by atoms with E-state index in [9.17, 15) is 0 Å². The average Bonchev–Trinajstić information content (AvgIpc) is 3.22. The first-order valence-corrected chi connectivity index (χ1v) is 9.75. The van der Waals surface area contributed by atoms with E-state index in [1.54, 1.807) is 0 Å². The minimum absolute atomic E-state index is 0.799. The Morgan fingerprint density at radius 2 is 1.96 bits per heavy atom. The van der Waals surface area contributed by atoms with Crippen LogP contribution in [0, 0.1) is 20.8 Å². The summed E-state index contributed by atoms with van der Waals surface area (Å²) >= 11 is 0. The zero-order valence-corrected chi connectivity index (χ0v) is 16.5. The molecule has 0 amide bonds. The number of aryl methyl sites for hydroxylation is 3. The Bertz CT molecular complexity index is 1170. The maximum Gasteiger partial charge on any atom is 0.158 e. The number of rotatable bonds is 3. The lowest BCUT2D eigenvalue weighted by Gasteiger charge is -2.26. The predicted octanol–water partition coefficient (Wildman–Crippen LogP) is 3.60. The average molecular weight is 372 g/mol. The maximum atomic E-state index is 4.59. The first kappa shape index (κ1) is 17.1. The third-order valence-electron chi connectivity index (χ3n) is 5.42. The van der Waals surface area contributed by atoms with Gasteiger partial charge in [-0.25, -0.2) is 14.5 Å². The summed E-state index contributed by atoms with van der Waals surface area (Å²) in [4.78, 5) is 15.0. The second-order valence-corrected chi connectivity index (χ2v) is 7.75. The number of H-pyrrole nitrogens is 1. The summed E-state index contributed by atoms with van der Waals surface area (Å²) in [6.07, 6.45) is 3.09. The second-order valence-electron chi connectivity index (χ2n) is 7.75. The quantitative estimate of drug-likeness (QED) is 0.597. The molecule has 5 rings (SSSR count). The van der Waals surface area contributed by atoms with Gasteiger partial charge in [0.15, 0.2) is 5.65 Å². The third kappa shape index (κ3) is 3.10. The standard InChI is InChI=1S/C22H24N6/c1-14-9-19(12-28-22(14)25-16(3)26-28)18-6-4-5-17(10-18)11-27-8-7-20-21(13-27)24-15(2)23-20/h4-6,9-10,12H,7-8,11,13H2,1-3H3,(H,23,24). The van der Waals surface area contributed by atoms with Crippen molar-refractivity contribution in [3.63, 3.8) is 0 Å². The Morgan fingerprint density at radius 1 is 1.07 bits per heavy atom. The lowest BCUT2D eigenvalue weighted by molar-refractivity contribution is 0.241. The van der Waals surface area contributed by atoms with Gasteiger partial charge in [0, 0.05) is 37.8 Å². The molecule has 0 fully saturated rings. The van der Waals surface area contributed by atoms with E-state index in [-0.39, 0.29) is 0 Å². The smallest absolute Gasteiger partial charge is 0.158 e. The monoisotopic (exact) mass is 372 g/mol. The number of hydrogen-bond donors (Lipinski definition) is 1. The number of nitrogens with one attached hydrogen (secondary N) is 1. The van der Waals surface area contributed by atoms with E-state index < -0.39 is 0 Å².